The second-order valence-corrected chi connectivity index (χ2v) is 6.63. The summed E-state index contributed by atoms with van der Waals surface area (Å²) in [6, 6.07) is 13.4. The van der Waals surface area contributed by atoms with E-state index in [0.29, 0.717) is 16.7 Å². The van der Waals surface area contributed by atoms with Crippen molar-refractivity contribution in [1.29, 1.82) is 0 Å². The Labute approximate surface area is 135 Å². The van der Waals surface area contributed by atoms with Crippen molar-refractivity contribution >= 4 is 50.9 Å². The van der Waals surface area contributed by atoms with Gasteiger partial charge in [0.25, 0.3) is 0 Å². The highest BCUT2D eigenvalue weighted by atomic mass is 79.9. The molecule has 2 aromatic rings. The van der Waals surface area contributed by atoms with E-state index in [2.05, 4.69) is 15.9 Å². The first kappa shape index (κ1) is 15.0. The Hall–Kier alpha value is -0.350. The van der Waals surface area contributed by atoms with Gasteiger partial charge in [0.05, 0.1) is 16.7 Å². The highest BCUT2D eigenvalue weighted by molar-refractivity contribution is 9.10. The second kappa shape index (κ2) is 7.44. The van der Waals surface area contributed by atoms with Crippen molar-refractivity contribution in [3.8, 4) is 5.75 Å². The van der Waals surface area contributed by atoms with E-state index in [0.717, 1.165) is 20.9 Å². The van der Waals surface area contributed by atoms with E-state index in [4.69, 9.17) is 27.9 Å². The topological polar surface area (TPSA) is 9.23 Å². The van der Waals surface area contributed by atoms with Gasteiger partial charge < -0.3 is 4.74 Å². The zero-order chi connectivity index (χ0) is 13.7. The molecule has 0 saturated carbocycles. The van der Waals surface area contributed by atoms with Crippen molar-refractivity contribution in [3.05, 3.63) is 57.0 Å². The molecule has 0 radical (unpaired) electrons. The third-order valence-electron chi connectivity index (χ3n) is 2.31. The van der Waals surface area contributed by atoms with Gasteiger partial charge >= 0.3 is 0 Å². The van der Waals surface area contributed by atoms with Crippen molar-refractivity contribution in [3.63, 3.8) is 0 Å². The van der Waals surface area contributed by atoms with Gasteiger partial charge in [-0.05, 0) is 36.4 Å². The standard InChI is InChI=1S/C14H11BrCl2OS/c15-10-2-1-3-11(8-10)18-6-7-19-12-4-5-13(16)14(17)9-12/h1-5,8-9H,6-7H2. The lowest BCUT2D eigenvalue weighted by molar-refractivity contribution is 0.344. The van der Waals surface area contributed by atoms with Crippen LogP contribution in [0, 0.1) is 0 Å². The molecule has 0 unspecified atom stereocenters. The summed E-state index contributed by atoms with van der Waals surface area (Å²) in [5.41, 5.74) is 0. The fraction of sp³-hybridized carbons (Fsp3) is 0.143. The molecule has 0 heterocycles. The summed E-state index contributed by atoms with van der Waals surface area (Å²) in [5, 5.41) is 1.16. The third kappa shape index (κ3) is 4.92. The maximum absolute atomic E-state index is 5.96. The van der Waals surface area contributed by atoms with Gasteiger partial charge in [0, 0.05) is 15.1 Å². The van der Waals surface area contributed by atoms with Crippen LogP contribution in [0.1, 0.15) is 0 Å². The summed E-state index contributed by atoms with van der Waals surface area (Å²) in [4.78, 5) is 1.09. The Kier molecular flexibility index (Phi) is 5.89. The van der Waals surface area contributed by atoms with E-state index in [9.17, 15) is 0 Å². The van der Waals surface area contributed by atoms with E-state index in [-0.39, 0.29) is 0 Å². The van der Waals surface area contributed by atoms with Crippen LogP contribution in [0.5, 0.6) is 5.75 Å². The van der Waals surface area contributed by atoms with Crippen molar-refractivity contribution < 1.29 is 4.74 Å². The molecular formula is C14H11BrCl2OS. The number of halogens is 3. The zero-order valence-electron chi connectivity index (χ0n) is 9.91. The van der Waals surface area contributed by atoms with Crippen LogP contribution in [0.15, 0.2) is 51.8 Å². The van der Waals surface area contributed by atoms with Gasteiger partial charge in [0.1, 0.15) is 5.75 Å². The van der Waals surface area contributed by atoms with Gasteiger partial charge in [-0.2, -0.15) is 0 Å². The fourth-order valence-electron chi connectivity index (χ4n) is 1.44. The van der Waals surface area contributed by atoms with Crippen LogP contribution in [0.4, 0.5) is 0 Å². The van der Waals surface area contributed by atoms with Crippen LogP contribution in [-0.2, 0) is 0 Å². The van der Waals surface area contributed by atoms with Gasteiger partial charge in [0.2, 0.25) is 0 Å². The zero-order valence-corrected chi connectivity index (χ0v) is 13.8. The Morgan fingerprint density at radius 3 is 2.63 bits per heavy atom. The van der Waals surface area contributed by atoms with Gasteiger partial charge in [-0.3, -0.25) is 0 Å². The molecule has 19 heavy (non-hydrogen) atoms. The molecule has 2 aromatic carbocycles. The van der Waals surface area contributed by atoms with E-state index in [1.54, 1.807) is 17.8 Å². The SMILES string of the molecule is Clc1ccc(SCCOc2cccc(Br)c2)cc1Cl. The lowest BCUT2D eigenvalue weighted by Crippen LogP contribution is -1.99. The van der Waals surface area contributed by atoms with Crippen LogP contribution >= 0.6 is 50.9 Å². The fourth-order valence-corrected chi connectivity index (χ4v) is 2.95. The molecule has 0 fully saturated rings. The number of ether oxygens (including phenoxy) is 1. The predicted octanol–water partition coefficient (Wildman–Crippen LogP) is 5.93. The average molecular weight is 378 g/mol. The molecule has 0 aliphatic carbocycles. The summed E-state index contributed by atoms with van der Waals surface area (Å²) in [7, 11) is 0. The minimum atomic E-state index is 0.580. The number of hydrogen-bond acceptors (Lipinski definition) is 2. The highest BCUT2D eigenvalue weighted by Gasteiger charge is 2.00. The molecule has 100 valence electrons. The van der Waals surface area contributed by atoms with Crippen LogP contribution < -0.4 is 4.74 Å². The van der Waals surface area contributed by atoms with E-state index in [1.807, 2.05) is 36.4 Å². The van der Waals surface area contributed by atoms with Crippen LogP contribution in [0.2, 0.25) is 10.0 Å². The summed E-state index contributed by atoms with van der Waals surface area (Å²) < 4.78 is 6.67. The number of benzene rings is 2. The first-order valence-corrected chi connectivity index (χ1v) is 8.15. The van der Waals surface area contributed by atoms with E-state index >= 15 is 0 Å². The molecule has 0 saturated heterocycles. The Morgan fingerprint density at radius 2 is 1.89 bits per heavy atom. The monoisotopic (exact) mass is 376 g/mol. The van der Waals surface area contributed by atoms with Gasteiger partial charge in [0.15, 0.2) is 0 Å². The molecule has 0 aliphatic heterocycles. The highest BCUT2D eigenvalue weighted by Crippen LogP contribution is 2.28. The average Bonchev–Trinajstić information content (AvgIpc) is 2.39. The Morgan fingerprint density at radius 1 is 1.05 bits per heavy atom. The smallest absolute Gasteiger partial charge is 0.120 e. The quantitative estimate of drug-likeness (QED) is 0.471. The summed E-state index contributed by atoms with van der Waals surface area (Å²) in [6.45, 7) is 0.640. The second-order valence-electron chi connectivity index (χ2n) is 3.73. The van der Waals surface area contributed by atoms with Gasteiger partial charge in [-0.25, -0.2) is 0 Å². The van der Waals surface area contributed by atoms with Gasteiger partial charge in [-0.1, -0.05) is 45.2 Å². The first-order chi connectivity index (χ1) is 9.15. The molecule has 0 N–H and O–H groups in total. The first-order valence-electron chi connectivity index (χ1n) is 5.61. The Bertz CT molecular complexity index is 563. The van der Waals surface area contributed by atoms with Crippen LogP contribution in [0.25, 0.3) is 0 Å². The minimum Gasteiger partial charge on any atom is -0.493 e. The predicted molar refractivity (Wildman–Crippen MR) is 86.8 cm³/mol. The van der Waals surface area contributed by atoms with Crippen molar-refractivity contribution in [1.82, 2.24) is 0 Å². The van der Waals surface area contributed by atoms with Crippen molar-refractivity contribution in [2.24, 2.45) is 0 Å². The molecule has 0 atom stereocenters. The maximum atomic E-state index is 5.96. The summed E-state index contributed by atoms with van der Waals surface area (Å²) in [6.07, 6.45) is 0. The number of thioether (sulfide) groups is 1. The number of rotatable bonds is 5. The molecule has 0 spiro atoms. The normalized spacial score (nSPS) is 10.5. The largest absolute Gasteiger partial charge is 0.493 e. The van der Waals surface area contributed by atoms with E-state index < -0.39 is 0 Å². The molecule has 1 nitrogen and oxygen atoms in total. The molecule has 5 heteroatoms. The summed E-state index contributed by atoms with van der Waals surface area (Å²) >= 11 is 16.9. The lowest BCUT2D eigenvalue weighted by atomic mass is 10.3. The molecular weight excluding hydrogens is 367 g/mol. The molecule has 0 aromatic heterocycles. The van der Waals surface area contributed by atoms with Gasteiger partial charge in [-0.15, -0.1) is 11.8 Å². The summed E-state index contributed by atoms with van der Waals surface area (Å²) in [5.74, 6) is 1.72. The third-order valence-corrected chi connectivity index (χ3v) is 4.50. The lowest BCUT2D eigenvalue weighted by Gasteiger charge is -2.07. The minimum absolute atomic E-state index is 0.580. The Balaban J connectivity index is 1.79. The number of hydrogen-bond donors (Lipinski definition) is 0. The van der Waals surface area contributed by atoms with Crippen LogP contribution in [0.3, 0.4) is 0 Å². The molecule has 2 rings (SSSR count). The van der Waals surface area contributed by atoms with Crippen molar-refractivity contribution in [2.75, 3.05) is 12.4 Å². The molecule has 0 amide bonds. The van der Waals surface area contributed by atoms with Crippen molar-refractivity contribution in [2.45, 2.75) is 4.90 Å². The maximum Gasteiger partial charge on any atom is 0.120 e. The molecule has 0 aliphatic rings. The molecule has 0 bridgehead atoms. The van der Waals surface area contributed by atoms with E-state index in [1.165, 1.54) is 0 Å². The van der Waals surface area contributed by atoms with Crippen LogP contribution in [-0.4, -0.2) is 12.4 Å².